The molecule has 0 radical (unpaired) electrons. The van der Waals surface area contributed by atoms with Crippen molar-refractivity contribution in [3.8, 4) is 0 Å². The number of hydrogen-bond acceptors (Lipinski definition) is 6. The molecule has 7 nitrogen and oxygen atoms in total. The van der Waals surface area contributed by atoms with Crippen LogP contribution >= 0.6 is 11.3 Å². The van der Waals surface area contributed by atoms with Gasteiger partial charge in [-0.3, -0.25) is 20.0 Å². The molecule has 0 saturated carbocycles. The third-order valence-corrected chi connectivity index (χ3v) is 4.75. The molecule has 1 aromatic heterocycles. The van der Waals surface area contributed by atoms with E-state index in [9.17, 15) is 9.59 Å². The van der Waals surface area contributed by atoms with Crippen LogP contribution in [0.2, 0.25) is 0 Å². The van der Waals surface area contributed by atoms with Gasteiger partial charge in [-0.05, 0) is 0 Å². The number of aromatic nitrogens is 1. The Kier molecular flexibility index (Phi) is 3.00. The van der Waals surface area contributed by atoms with Gasteiger partial charge in [0.25, 0.3) is 5.91 Å². The first-order valence-corrected chi connectivity index (χ1v) is 6.93. The van der Waals surface area contributed by atoms with Crippen molar-refractivity contribution in [1.82, 2.24) is 20.6 Å². The van der Waals surface area contributed by atoms with Crippen LogP contribution in [0.4, 0.5) is 0 Å². The van der Waals surface area contributed by atoms with Crippen LogP contribution in [0.25, 0.3) is 0 Å². The Labute approximate surface area is 114 Å². The molecule has 2 aliphatic heterocycles. The quantitative estimate of drug-likeness (QED) is 0.359. The fourth-order valence-electron chi connectivity index (χ4n) is 2.87. The maximum atomic E-state index is 12.3. The second kappa shape index (κ2) is 4.55. The lowest BCUT2D eigenvalue weighted by Crippen LogP contribution is -2.61. The van der Waals surface area contributed by atoms with Gasteiger partial charge in [-0.1, -0.05) is 0 Å². The first-order valence-electron chi connectivity index (χ1n) is 6.05. The largest absolute Gasteiger partial charge is 0.336 e. The molecule has 1 aromatic rings. The zero-order valence-electron chi connectivity index (χ0n) is 10.3. The van der Waals surface area contributed by atoms with Crippen molar-refractivity contribution in [3.05, 3.63) is 16.6 Å². The van der Waals surface area contributed by atoms with Gasteiger partial charge in [0.2, 0.25) is 5.91 Å². The van der Waals surface area contributed by atoms with Gasteiger partial charge >= 0.3 is 0 Å². The Bertz CT molecular complexity index is 499. The first-order chi connectivity index (χ1) is 9.16. The van der Waals surface area contributed by atoms with E-state index in [-0.39, 0.29) is 23.1 Å². The van der Waals surface area contributed by atoms with Crippen LogP contribution in [-0.2, 0) is 4.79 Å². The first kappa shape index (κ1) is 12.5. The Hall–Kier alpha value is -1.51. The lowest BCUT2D eigenvalue weighted by Gasteiger charge is -2.42. The van der Waals surface area contributed by atoms with Crippen LogP contribution in [-0.4, -0.2) is 47.9 Å². The molecule has 1 atom stereocenters. The van der Waals surface area contributed by atoms with Gasteiger partial charge in [0.05, 0.1) is 17.6 Å². The molecule has 8 heteroatoms. The molecule has 2 amide bonds. The smallest absolute Gasteiger partial charge is 0.265 e. The van der Waals surface area contributed by atoms with E-state index in [4.69, 9.17) is 5.84 Å². The van der Waals surface area contributed by atoms with Gasteiger partial charge in [0.1, 0.15) is 4.88 Å². The van der Waals surface area contributed by atoms with Crippen LogP contribution < -0.4 is 16.6 Å². The van der Waals surface area contributed by atoms with E-state index in [0.29, 0.717) is 18.0 Å². The number of nitrogens with two attached hydrogens (primary N) is 1. The topological polar surface area (TPSA) is 100 Å². The predicted octanol–water partition coefficient (Wildman–Crippen LogP) is -1.21. The Morgan fingerprint density at radius 3 is 2.89 bits per heavy atom. The fraction of sp³-hybridized carbons (Fsp3) is 0.545. The highest BCUT2D eigenvalue weighted by molar-refractivity contribution is 7.11. The number of likely N-dealkylation sites (tertiary alicyclic amines) is 1. The molecule has 4 N–H and O–H groups in total. The van der Waals surface area contributed by atoms with Crippen LogP contribution in [0.5, 0.6) is 0 Å². The molecule has 102 valence electrons. The summed E-state index contributed by atoms with van der Waals surface area (Å²) in [4.78, 5) is 30.4. The number of thiazole rings is 1. The third kappa shape index (κ3) is 1.92. The maximum absolute atomic E-state index is 12.3. The van der Waals surface area contributed by atoms with Gasteiger partial charge in [-0.25, -0.2) is 5.84 Å². The lowest BCUT2D eigenvalue weighted by molar-refractivity contribution is -0.128. The summed E-state index contributed by atoms with van der Waals surface area (Å²) in [6, 6.07) is 0. The molecule has 19 heavy (non-hydrogen) atoms. The average Bonchev–Trinajstić information content (AvgIpc) is 3.03. The summed E-state index contributed by atoms with van der Waals surface area (Å²) >= 11 is 1.32. The van der Waals surface area contributed by atoms with E-state index in [1.165, 1.54) is 11.3 Å². The number of nitrogens with one attached hydrogen (secondary N) is 2. The van der Waals surface area contributed by atoms with Gasteiger partial charge in [-0.15, -0.1) is 11.3 Å². The van der Waals surface area contributed by atoms with Crippen molar-refractivity contribution in [2.24, 2.45) is 17.2 Å². The summed E-state index contributed by atoms with van der Waals surface area (Å²) in [5.74, 6) is 4.75. The van der Waals surface area contributed by atoms with Crippen molar-refractivity contribution in [2.45, 2.75) is 0 Å². The molecule has 2 saturated heterocycles. The molecule has 2 fully saturated rings. The van der Waals surface area contributed by atoms with E-state index in [1.54, 1.807) is 16.6 Å². The number of hydrogen-bond donors (Lipinski definition) is 3. The van der Waals surface area contributed by atoms with Crippen molar-refractivity contribution >= 4 is 23.2 Å². The van der Waals surface area contributed by atoms with E-state index in [2.05, 4.69) is 15.7 Å². The number of carbonyl (C=O) groups is 2. The van der Waals surface area contributed by atoms with Crippen LogP contribution in [0.1, 0.15) is 9.67 Å². The molecule has 0 aromatic carbocycles. The number of nitrogens with zero attached hydrogens (tertiary/aromatic N) is 2. The minimum Gasteiger partial charge on any atom is -0.336 e. The van der Waals surface area contributed by atoms with Gasteiger partial charge < -0.3 is 10.2 Å². The molecule has 0 bridgehead atoms. The maximum Gasteiger partial charge on any atom is 0.265 e. The Morgan fingerprint density at radius 1 is 1.58 bits per heavy atom. The molecule has 0 aliphatic carbocycles. The van der Waals surface area contributed by atoms with Crippen LogP contribution in [0.15, 0.2) is 11.7 Å². The monoisotopic (exact) mass is 281 g/mol. The zero-order chi connectivity index (χ0) is 13.5. The minimum atomic E-state index is -0.240. The van der Waals surface area contributed by atoms with Crippen LogP contribution in [0, 0.1) is 11.3 Å². The molecular weight excluding hydrogens is 266 g/mol. The summed E-state index contributed by atoms with van der Waals surface area (Å²) in [6.07, 6.45) is 1.56. The highest BCUT2D eigenvalue weighted by atomic mass is 32.1. The number of amides is 2. The lowest BCUT2D eigenvalue weighted by atomic mass is 9.73. The highest BCUT2D eigenvalue weighted by Gasteiger charge is 2.54. The predicted molar refractivity (Wildman–Crippen MR) is 69.1 cm³/mol. The summed E-state index contributed by atoms with van der Waals surface area (Å²) in [5, 5.41) is 3.18. The standard InChI is InChI=1S/C11H15N5O2S/c12-15-9(17)7-2-16(5-11(7)3-14-4-11)10(18)8-1-13-6-19-8/h1,6-7,14H,2-5,12H2,(H,15,17). The van der Waals surface area contributed by atoms with E-state index in [0.717, 1.165) is 13.1 Å². The summed E-state index contributed by atoms with van der Waals surface area (Å²) in [6.45, 7) is 2.51. The Morgan fingerprint density at radius 2 is 2.37 bits per heavy atom. The normalized spacial score (nSPS) is 24.3. The van der Waals surface area contributed by atoms with E-state index >= 15 is 0 Å². The van der Waals surface area contributed by atoms with Gasteiger partial charge in [0, 0.05) is 31.6 Å². The number of hydrazine groups is 1. The second-order valence-corrected chi connectivity index (χ2v) is 5.96. The molecule has 1 unspecified atom stereocenters. The summed E-state index contributed by atoms with van der Waals surface area (Å²) < 4.78 is 0. The second-order valence-electron chi connectivity index (χ2n) is 5.08. The fourth-order valence-corrected chi connectivity index (χ4v) is 3.45. The molecular formula is C11H15N5O2S. The van der Waals surface area contributed by atoms with Gasteiger partial charge in [-0.2, -0.15) is 0 Å². The van der Waals surface area contributed by atoms with Crippen molar-refractivity contribution in [3.63, 3.8) is 0 Å². The molecule has 3 rings (SSSR count). The zero-order valence-corrected chi connectivity index (χ0v) is 11.1. The van der Waals surface area contributed by atoms with Gasteiger partial charge in [0.15, 0.2) is 0 Å². The SMILES string of the molecule is NNC(=O)C1CN(C(=O)c2cncs2)CC12CNC2. The molecule has 1 spiro atoms. The van der Waals surface area contributed by atoms with E-state index in [1.807, 2.05) is 0 Å². The minimum absolute atomic E-state index is 0.0545. The van der Waals surface area contributed by atoms with Crippen LogP contribution in [0.3, 0.4) is 0 Å². The van der Waals surface area contributed by atoms with Crippen molar-refractivity contribution in [1.29, 1.82) is 0 Å². The third-order valence-electron chi connectivity index (χ3n) is 3.99. The van der Waals surface area contributed by atoms with Crippen molar-refractivity contribution in [2.75, 3.05) is 26.2 Å². The van der Waals surface area contributed by atoms with E-state index < -0.39 is 0 Å². The summed E-state index contributed by atoms with van der Waals surface area (Å²) in [5.41, 5.74) is 3.68. The summed E-state index contributed by atoms with van der Waals surface area (Å²) in [7, 11) is 0. The average molecular weight is 281 g/mol. The van der Waals surface area contributed by atoms with Crippen molar-refractivity contribution < 1.29 is 9.59 Å². The number of rotatable bonds is 2. The number of carbonyl (C=O) groups excluding carboxylic acids is 2. The highest BCUT2D eigenvalue weighted by Crippen LogP contribution is 2.40. The molecule has 3 heterocycles. The Balaban J connectivity index is 1.80. The molecule has 2 aliphatic rings.